The Hall–Kier alpha value is -1.38. The molecule has 1 aromatic carbocycles. The van der Waals surface area contributed by atoms with Gasteiger partial charge in [-0.2, -0.15) is 5.10 Å². The standard InChI is InChI=1S/C15H11ClIN3OS/c1-8-2-5-13(22-8)12-7-14(20-19-12)18-15(21)10-4-3-9(16)6-11(10)17/h2-7H,1H3,(H2,18,19,20,21). The number of rotatable bonds is 3. The summed E-state index contributed by atoms with van der Waals surface area (Å²) in [6, 6.07) is 11.1. The van der Waals surface area contributed by atoms with E-state index < -0.39 is 0 Å². The summed E-state index contributed by atoms with van der Waals surface area (Å²) in [7, 11) is 0. The largest absolute Gasteiger partial charge is 0.305 e. The number of aromatic amines is 1. The Balaban J connectivity index is 1.79. The molecular formula is C15H11ClIN3OS. The van der Waals surface area contributed by atoms with E-state index in [0.29, 0.717) is 16.4 Å². The van der Waals surface area contributed by atoms with Gasteiger partial charge >= 0.3 is 0 Å². The summed E-state index contributed by atoms with van der Waals surface area (Å²) in [5.41, 5.74) is 1.46. The van der Waals surface area contributed by atoms with Crippen LogP contribution in [-0.2, 0) is 0 Å². The fourth-order valence-corrected chi connectivity index (χ4v) is 3.90. The summed E-state index contributed by atoms with van der Waals surface area (Å²) < 4.78 is 0.798. The van der Waals surface area contributed by atoms with Gasteiger partial charge in [-0.25, -0.2) is 0 Å². The van der Waals surface area contributed by atoms with Crippen LogP contribution in [-0.4, -0.2) is 16.1 Å². The second-order valence-corrected chi connectivity index (χ2v) is 7.54. The lowest BCUT2D eigenvalue weighted by Crippen LogP contribution is -2.13. The molecule has 0 aliphatic rings. The van der Waals surface area contributed by atoms with E-state index >= 15 is 0 Å². The molecule has 0 saturated heterocycles. The van der Waals surface area contributed by atoms with Crippen molar-refractivity contribution in [3.8, 4) is 10.6 Å². The second-order valence-electron chi connectivity index (χ2n) is 4.66. The summed E-state index contributed by atoms with van der Waals surface area (Å²) in [6.07, 6.45) is 0. The lowest BCUT2D eigenvalue weighted by atomic mass is 10.2. The number of carbonyl (C=O) groups excluding carboxylic acids is 1. The number of halogens is 2. The highest BCUT2D eigenvalue weighted by molar-refractivity contribution is 14.1. The Labute approximate surface area is 150 Å². The number of nitrogens with one attached hydrogen (secondary N) is 2. The highest BCUT2D eigenvalue weighted by atomic mass is 127. The van der Waals surface area contributed by atoms with Crippen LogP contribution >= 0.6 is 45.5 Å². The molecule has 0 aliphatic heterocycles. The Morgan fingerprint density at radius 1 is 1.32 bits per heavy atom. The minimum atomic E-state index is -0.207. The third-order valence-electron chi connectivity index (χ3n) is 3.00. The van der Waals surface area contributed by atoms with Gasteiger partial charge in [0.1, 0.15) is 0 Å². The topological polar surface area (TPSA) is 57.8 Å². The van der Waals surface area contributed by atoms with E-state index in [4.69, 9.17) is 11.6 Å². The number of nitrogens with zero attached hydrogens (tertiary/aromatic N) is 1. The number of anilines is 1. The normalized spacial score (nSPS) is 10.7. The van der Waals surface area contributed by atoms with Gasteiger partial charge in [-0.3, -0.25) is 9.89 Å². The first kappa shape index (κ1) is 15.5. The number of aromatic nitrogens is 2. The van der Waals surface area contributed by atoms with Crippen molar-refractivity contribution in [1.29, 1.82) is 0 Å². The van der Waals surface area contributed by atoms with Crippen LogP contribution < -0.4 is 5.32 Å². The molecule has 22 heavy (non-hydrogen) atoms. The number of hydrogen-bond acceptors (Lipinski definition) is 3. The third-order valence-corrected chi connectivity index (χ3v) is 5.16. The highest BCUT2D eigenvalue weighted by Gasteiger charge is 2.13. The van der Waals surface area contributed by atoms with Crippen molar-refractivity contribution in [3.63, 3.8) is 0 Å². The van der Waals surface area contributed by atoms with Gasteiger partial charge in [0.25, 0.3) is 5.91 Å². The zero-order chi connectivity index (χ0) is 15.7. The molecule has 0 radical (unpaired) electrons. The maximum atomic E-state index is 12.3. The van der Waals surface area contributed by atoms with E-state index in [2.05, 4.69) is 51.1 Å². The fourth-order valence-electron chi connectivity index (χ4n) is 1.95. The van der Waals surface area contributed by atoms with Gasteiger partial charge in [0.05, 0.1) is 16.1 Å². The Kier molecular flexibility index (Phi) is 4.51. The highest BCUT2D eigenvalue weighted by Crippen LogP contribution is 2.27. The van der Waals surface area contributed by atoms with E-state index in [1.165, 1.54) is 4.88 Å². The quantitative estimate of drug-likeness (QED) is 0.562. The van der Waals surface area contributed by atoms with Crippen molar-refractivity contribution in [2.24, 2.45) is 0 Å². The van der Waals surface area contributed by atoms with Crippen LogP contribution in [0.4, 0.5) is 5.82 Å². The maximum absolute atomic E-state index is 12.3. The van der Waals surface area contributed by atoms with Crippen molar-refractivity contribution in [2.75, 3.05) is 5.32 Å². The molecule has 2 aromatic heterocycles. The van der Waals surface area contributed by atoms with Gasteiger partial charge in [-0.15, -0.1) is 11.3 Å². The molecule has 2 heterocycles. The van der Waals surface area contributed by atoms with Crippen LogP contribution in [0.2, 0.25) is 5.02 Å². The minimum absolute atomic E-state index is 0.207. The molecule has 0 unspecified atom stereocenters. The number of carbonyl (C=O) groups is 1. The smallest absolute Gasteiger partial charge is 0.257 e. The van der Waals surface area contributed by atoms with E-state index in [1.54, 1.807) is 29.5 Å². The lowest BCUT2D eigenvalue weighted by Gasteiger charge is -2.04. The van der Waals surface area contributed by atoms with Gasteiger partial charge in [0, 0.05) is 19.5 Å². The van der Waals surface area contributed by atoms with E-state index in [1.807, 2.05) is 12.1 Å². The van der Waals surface area contributed by atoms with E-state index in [0.717, 1.165) is 14.1 Å². The molecule has 0 spiro atoms. The molecule has 0 fully saturated rings. The Bertz CT molecular complexity index is 843. The van der Waals surface area contributed by atoms with Crippen LogP contribution in [0.1, 0.15) is 15.2 Å². The number of benzene rings is 1. The zero-order valence-electron chi connectivity index (χ0n) is 11.5. The van der Waals surface area contributed by atoms with Crippen LogP contribution in [0, 0.1) is 10.5 Å². The number of aryl methyl sites for hydroxylation is 1. The molecule has 0 aliphatic carbocycles. The Morgan fingerprint density at radius 2 is 2.14 bits per heavy atom. The monoisotopic (exact) mass is 443 g/mol. The van der Waals surface area contributed by atoms with Crippen LogP contribution in [0.5, 0.6) is 0 Å². The molecule has 112 valence electrons. The fraction of sp³-hybridized carbons (Fsp3) is 0.0667. The van der Waals surface area contributed by atoms with Crippen LogP contribution in [0.15, 0.2) is 36.4 Å². The maximum Gasteiger partial charge on any atom is 0.257 e. The summed E-state index contributed by atoms with van der Waals surface area (Å²) >= 11 is 9.67. The molecule has 3 aromatic rings. The molecule has 7 heteroatoms. The van der Waals surface area contributed by atoms with Gasteiger partial charge in [-0.05, 0) is 59.8 Å². The lowest BCUT2D eigenvalue weighted by molar-refractivity contribution is 0.102. The first-order valence-corrected chi connectivity index (χ1v) is 8.69. The Morgan fingerprint density at radius 3 is 2.82 bits per heavy atom. The SMILES string of the molecule is Cc1ccc(-c2cc(NC(=O)c3ccc(Cl)cc3I)n[nH]2)s1. The van der Waals surface area contributed by atoms with Crippen LogP contribution in [0.25, 0.3) is 10.6 Å². The first-order chi connectivity index (χ1) is 10.5. The van der Waals surface area contributed by atoms with Crippen molar-refractivity contribution < 1.29 is 4.79 Å². The molecule has 1 amide bonds. The number of H-pyrrole nitrogens is 1. The van der Waals surface area contributed by atoms with Gasteiger partial charge in [0.2, 0.25) is 0 Å². The molecule has 2 N–H and O–H groups in total. The summed E-state index contributed by atoms with van der Waals surface area (Å²) in [5.74, 6) is 0.290. The van der Waals surface area contributed by atoms with Crippen molar-refractivity contribution in [1.82, 2.24) is 10.2 Å². The number of hydrogen-bond donors (Lipinski definition) is 2. The van der Waals surface area contributed by atoms with Gasteiger partial charge in [-0.1, -0.05) is 11.6 Å². The first-order valence-electron chi connectivity index (χ1n) is 6.41. The molecule has 0 atom stereocenters. The zero-order valence-corrected chi connectivity index (χ0v) is 15.2. The minimum Gasteiger partial charge on any atom is -0.305 e. The molecule has 0 saturated carbocycles. The average Bonchev–Trinajstić information content (AvgIpc) is 3.07. The molecule has 4 nitrogen and oxygen atoms in total. The van der Waals surface area contributed by atoms with Gasteiger partial charge in [0.15, 0.2) is 5.82 Å². The molecule has 0 bridgehead atoms. The van der Waals surface area contributed by atoms with E-state index in [-0.39, 0.29) is 5.91 Å². The average molecular weight is 444 g/mol. The predicted molar refractivity (Wildman–Crippen MR) is 98.8 cm³/mol. The van der Waals surface area contributed by atoms with Gasteiger partial charge < -0.3 is 5.32 Å². The number of thiophene rings is 1. The van der Waals surface area contributed by atoms with Crippen molar-refractivity contribution in [2.45, 2.75) is 6.92 Å². The second kappa shape index (κ2) is 6.39. The summed E-state index contributed by atoms with van der Waals surface area (Å²) in [6.45, 7) is 2.05. The summed E-state index contributed by atoms with van der Waals surface area (Å²) in [4.78, 5) is 14.6. The van der Waals surface area contributed by atoms with Crippen molar-refractivity contribution >= 4 is 57.3 Å². The number of amides is 1. The molecule has 3 rings (SSSR count). The third kappa shape index (κ3) is 3.34. The van der Waals surface area contributed by atoms with E-state index in [9.17, 15) is 4.79 Å². The summed E-state index contributed by atoms with van der Waals surface area (Å²) in [5, 5.41) is 10.5. The predicted octanol–water partition coefficient (Wildman–Crippen LogP) is 4.96. The molecular weight excluding hydrogens is 433 g/mol. The van der Waals surface area contributed by atoms with Crippen molar-refractivity contribution in [3.05, 3.63) is 55.4 Å². The van der Waals surface area contributed by atoms with Crippen LogP contribution in [0.3, 0.4) is 0 Å².